The molecule has 2 aromatic heterocycles. The van der Waals surface area contributed by atoms with Crippen LogP contribution in [0.3, 0.4) is 0 Å². The fourth-order valence-electron chi connectivity index (χ4n) is 4.99. The number of aromatic nitrogens is 5. The van der Waals surface area contributed by atoms with Crippen molar-refractivity contribution in [3.63, 3.8) is 0 Å². The van der Waals surface area contributed by atoms with Crippen molar-refractivity contribution in [3.05, 3.63) is 96.2 Å². The van der Waals surface area contributed by atoms with Gasteiger partial charge in [0.15, 0.2) is 0 Å². The van der Waals surface area contributed by atoms with E-state index >= 15 is 0 Å². The molecule has 232 valence electrons. The minimum absolute atomic E-state index is 0.0887. The summed E-state index contributed by atoms with van der Waals surface area (Å²) in [6, 6.07) is 11.8. The van der Waals surface area contributed by atoms with Gasteiger partial charge in [0, 0.05) is 30.3 Å². The van der Waals surface area contributed by atoms with Gasteiger partial charge in [-0.15, -0.1) is 18.3 Å². The Bertz CT molecular complexity index is 1830. The number of nitrogens with zero attached hydrogens (tertiary/aromatic N) is 5. The number of nitrogens with one attached hydrogen (secondary N) is 1. The molecule has 1 N–H and O–H groups in total. The van der Waals surface area contributed by atoms with Crippen LogP contribution < -0.4 is 9.46 Å². The Balaban J connectivity index is 1.49. The molecule has 1 aliphatic rings. The number of ether oxygens (including phenoxy) is 1. The summed E-state index contributed by atoms with van der Waals surface area (Å²) in [5, 5.41) is 8.01. The molecule has 2 heterocycles. The van der Waals surface area contributed by atoms with E-state index in [0.29, 0.717) is 28.2 Å². The van der Waals surface area contributed by atoms with Crippen molar-refractivity contribution in [2.75, 3.05) is 7.05 Å². The Morgan fingerprint density at radius 1 is 1.02 bits per heavy atom. The number of allylic oxidation sites excluding steroid dienone is 3. The first kappa shape index (κ1) is 31.1. The molecule has 0 aliphatic heterocycles. The van der Waals surface area contributed by atoms with Gasteiger partial charge in [0.05, 0.1) is 11.9 Å². The summed E-state index contributed by atoms with van der Waals surface area (Å²) in [7, 11) is -2.89. The van der Waals surface area contributed by atoms with Crippen molar-refractivity contribution >= 4 is 15.6 Å². The maximum absolute atomic E-state index is 14.2. The number of alkyl halides is 5. The number of benzene rings is 2. The van der Waals surface area contributed by atoms with Crippen molar-refractivity contribution < 1.29 is 35.1 Å². The topological polar surface area (TPSA) is 104 Å². The summed E-state index contributed by atoms with van der Waals surface area (Å²) in [5.74, 6) is -3.11. The van der Waals surface area contributed by atoms with Crippen LogP contribution in [0, 0.1) is 6.92 Å². The van der Waals surface area contributed by atoms with E-state index in [0.717, 1.165) is 12.1 Å². The van der Waals surface area contributed by atoms with Gasteiger partial charge in [-0.3, -0.25) is 0 Å². The summed E-state index contributed by atoms with van der Waals surface area (Å²) < 4.78 is 103. The number of hydrogen-bond acceptors (Lipinski definition) is 6. The Morgan fingerprint density at radius 3 is 2.30 bits per heavy atom. The zero-order chi connectivity index (χ0) is 31.9. The summed E-state index contributed by atoms with van der Waals surface area (Å²) in [4.78, 5) is 2.22. The zero-order valence-electron chi connectivity index (χ0n) is 23.7. The molecule has 0 radical (unpaired) electrons. The maximum atomic E-state index is 14.2. The fraction of sp³-hybridized carbons (Fsp3) is 0.276. The number of aryl methyl sites for hydroxylation is 1. The number of imidazole rings is 1. The average Bonchev–Trinajstić information content (AvgIpc) is 3.65. The highest BCUT2D eigenvalue weighted by atomic mass is 32.2. The van der Waals surface area contributed by atoms with E-state index in [9.17, 15) is 30.4 Å². The minimum Gasteiger partial charge on any atom is -0.406 e. The van der Waals surface area contributed by atoms with Crippen LogP contribution in [0.4, 0.5) is 22.0 Å². The van der Waals surface area contributed by atoms with Gasteiger partial charge in [-0.1, -0.05) is 36.4 Å². The van der Waals surface area contributed by atoms with Crippen LogP contribution in [0.2, 0.25) is 0 Å². The molecule has 0 fully saturated rings. The normalized spacial score (nSPS) is 17.5. The van der Waals surface area contributed by atoms with Crippen molar-refractivity contribution in [1.82, 2.24) is 29.3 Å². The average molecular weight is 635 g/mol. The third kappa shape index (κ3) is 5.76. The standard InChI is InChI=1S/C29H27F5N6O3S/c1-4-28(30,31)26-18-39(19(2)37-26)23-11-7-20(8-12-23)22-6-5-15-27(16-22,44(41,42)35-3)40-25(17-36-38-40)21-9-13-24(14-10-21)43-29(32,33)34/h5-15,17-18,35H,4,16H2,1-3H3. The maximum Gasteiger partial charge on any atom is 0.573 e. The molecular formula is C29H27F5N6O3S. The first-order chi connectivity index (χ1) is 20.7. The van der Waals surface area contributed by atoms with E-state index in [1.54, 1.807) is 47.9 Å². The molecule has 1 atom stereocenters. The summed E-state index contributed by atoms with van der Waals surface area (Å²) in [5.41, 5.74) is 2.14. The van der Waals surface area contributed by atoms with Gasteiger partial charge in [0.1, 0.15) is 17.3 Å². The number of rotatable bonds is 9. The molecular weight excluding hydrogens is 607 g/mol. The third-order valence-electron chi connectivity index (χ3n) is 7.34. The number of halogens is 5. The van der Waals surface area contributed by atoms with Crippen molar-refractivity contribution in [2.24, 2.45) is 0 Å². The molecule has 44 heavy (non-hydrogen) atoms. The summed E-state index contributed by atoms with van der Waals surface area (Å²) >= 11 is 0. The first-order valence-electron chi connectivity index (χ1n) is 13.3. The molecule has 4 aromatic rings. The lowest BCUT2D eigenvalue weighted by Gasteiger charge is -2.34. The predicted molar refractivity (Wildman–Crippen MR) is 152 cm³/mol. The van der Waals surface area contributed by atoms with Crippen LogP contribution in [0.15, 0.2) is 79.2 Å². The molecule has 9 nitrogen and oxygen atoms in total. The smallest absolute Gasteiger partial charge is 0.406 e. The number of sulfonamides is 1. The lowest BCUT2D eigenvalue weighted by atomic mass is 9.93. The van der Waals surface area contributed by atoms with E-state index in [4.69, 9.17) is 0 Å². The highest BCUT2D eigenvalue weighted by molar-refractivity contribution is 7.90. The molecule has 0 saturated carbocycles. The minimum atomic E-state index is -4.87. The second-order valence-electron chi connectivity index (χ2n) is 10.0. The predicted octanol–water partition coefficient (Wildman–Crippen LogP) is 6.09. The molecule has 1 unspecified atom stereocenters. The van der Waals surface area contributed by atoms with Crippen LogP contribution in [0.5, 0.6) is 5.75 Å². The third-order valence-corrected chi connectivity index (χ3v) is 9.26. The lowest BCUT2D eigenvalue weighted by molar-refractivity contribution is -0.274. The molecule has 1 aliphatic carbocycles. The highest BCUT2D eigenvalue weighted by Crippen LogP contribution is 2.41. The van der Waals surface area contributed by atoms with E-state index in [1.165, 1.54) is 49.3 Å². The highest BCUT2D eigenvalue weighted by Gasteiger charge is 2.47. The summed E-state index contributed by atoms with van der Waals surface area (Å²) in [6.45, 7) is 3.01. The van der Waals surface area contributed by atoms with Crippen LogP contribution in [0.25, 0.3) is 22.5 Å². The monoisotopic (exact) mass is 634 g/mol. The van der Waals surface area contributed by atoms with Crippen molar-refractivity contribution in [2.45, 2.75) is 43.8 Å². The first-order valence-corrected chi connectivity index (χ1v) is 14.8. The van der Waals surface area contributed by atoms with Gasteiger partial charge in [0.2, 0.25) is 14.9 Å². The van der Waals surface area contributed by atoms with Gasteiger partial charge in [-0.05, 0) is 67.6 Å². The second-order valence-corrected chi connectivity index (χ2v) is 12.2. The van der Waals surface area contributed by atoms with Crippen LogP contribution >= 0.6 is 0 Å². The Morgan fingerprint density at radius 2 is 1.68 bits per heavy atom. The summed E-state index contributed by atoms with van der Waals surface area (Å²) in [6.07, 6.45) is 2.06. The van der Waals surface area contributed by atoms with E-state index < -0.39 is 32.9 Å². The van der Waals surface area contributed by atoms with Gasteiger partial charge >= 0.3 is 6.36 Å². The second kappa shape index (κ2) is 11.3. The number of hydrogen-bond donors (Lipinski definition) is 1. The lowest BCUT2D eigenvalue weighted by Crippen LogP contribution is -2.47. The fourth-order valence-corrected chi connectivity index (χ4v) is 6.31. The molecule has 0 saturated heterocycles. The SMILES string of the molecule is CCC(F)(F)c1cn(-c2ccc(C3=CC=CC(n4nncc4-c4ccc(OC(F)(F)F)cc4)(S(=O)(=O)NC)C3)cc2)c(C)n1. The van der Waals surface area contributed by atoms with Crippen molar-refractivity contribution in [1.29, 1.82) is 0 Å². The van der Waals surface area contributed by atoms with E-state index in [-0.39, 0.29) is 24.2 Å². The van der Waals surface area contributed by atoms with Crippen LogP contribution in [-0.4, -0.2) is 46.4 Å². The molecule has 0 amide bonds. The zero-order valence-corrected chi connectivity index (χ0v) is 24.5. The Labute approximate surface area is 249 Å². The Kier molecular flexibility index (Phi) is 7.97. The molecule has 15 heteroatoms. The van der Waals surface area contributed by atoms with Crippen molar-refractivity contribution in [3.8, 4) is 22.7 Å². The van der Waals surface area contributed by atoms with Gasteiger partial charge in [-0.25, -0.2) is 22.8 Å². The van der Waals surface area contributed by atoms with Gasteiger partial charge < -0.3 is 9.30 Å². The van der Waals surface area contributed by atoms with Crippen LogP contribution in [-0.2, 0) is 20.8 Å². The quantitative estimate of drug-likeness (QED) is 0.224. The largest absolute Gasteiger partial charge is 0.573 e. The van der Waals surface area contributed by atoms with Gasteiger partial charge in [0.25, 0.3) is 5.92 Å². The molecule has 5 rings (SSSR count). The van der Waals surface area contributed by atoms with Gasteiger partial charge in [-0.2, -0.15) is 8.78 Å². The molecule has 2 aromatic carbocycles. The van der Waals surface area contributed by atoms with Crippen LogP contribution in [0.1, 0.15) is 36.8 Å². The van der Waals surface area contributed by atoms with E-state index in [1.807, 2.05) is 0 Å². The molecule has 0 spiro atoms. The molecule has 0 bridgehead atoms. The van der Waals surface area contributed by atoms with E-state index in [2.05, 4.69) is 24.8 Å². The Hall–Kier alpha value is -4.37.